The molecule has 0 aliphatic carbocycles. The highest BCUT2D eigenvalue weighted by molar-refractivity contribution is 7.47. The van der Waals surface area contributed by atoms with Crippen molar-refractivity contribution in [2.75, 3.05) is 47.5 Å². The number of ether oxygens (including phenoxy) is 2. The van der Waals surface area contributed by atoms with Crippen molar-refractivity contribution in [1.82, 2.24) is 0 Å². The van der Waals surface area contributed by atoms with Crippen LogP contribution in [0, 0.1) is 0 Å². The van der Waals surface area contributed by atoms with Gasteiger partial charge in [0.25, 0.3) is 0 Å². The zero-order chi connectivity index (χ0) is 44.3. The molecule has 0 saturated heterocycles. The highest BCUT2D eigenvalue weighted by Gasteiger charge is 2.27. The van der Waals surface area contributed by atoms with Crippen molar-refractivity contribution in [1.29, 1.82) is 0 Å². The van der Waals surface area contributed by atoms with E-state index >= 15 is 0 Å². The Balaban J connectivity index is 4.39. The number of nitrogens with zero attached hydrogens (tertiary/aromatic N) is 1. The summed E-state index contributed by atoms with van der Waals surface area (Å²) in [4.78, 5) is 35.4. The third kappa shape index (κ3) is 45.2. The summed E-state index contributed by atoms with van der Waals surface area (Å²) in [6, 6.07) is 0. The Morgan fingerprint density at radius 1 is 0.517 bits per heavy atom. The van der Waals surface area contributed by atoms with Gasteiger partial charge in [-0.2, -0.15) is 0 Å². The fourth-order valence-electron chi connectivity index (χ4n) is 6.24. The van der Waals surface area contributed by atoms with E-state index in [2.05, 4.69) is 74.6 Å². The molecule has 0 spiro atoms. The van der Waals surface area contributed by atoms with E-state index in [1.165, 1.54) is 109 Å². The van der Waals surface area contributed by atoms with Crippen LogP contribution in [0.25, 0.3) is 0 Å². The normalized spacial score (nSPS) is 14.0. The minimum Gasteiger partial charge on any atom is -0.462 e. The van der Waals surface area contributed by atoms with Crippen molar-refractivity contribution in [3.05, 3.63) is 60.8 Å². The first-order chi connectivity index (χ1) is 29.0. The van der Waals surface area contributed by atoms with Gasteiger partial charge in [-0.25, -0.2) is 4.57 Å². The molecule has 0 aliphatic rings. The van der Waals surface area contributed by atoms with E-state index in [9.17, 15) is 19.0 Å². The van der Waals surface area contributed by atoms with Gasteiger partial charge < -0.3 is 18.9 Å². The van der Waals surface area contributed by atoms with Gasteiger partial charge in [-0.05, 0) is 77.0 Å². The number of quaternary nitrogens is 1. The van der Waals surface area contributed by atoms with Crippen molar-refractivity contribution in [3.8, 4) is 0 Å². The first-order valence-corrected chi connectivity index (χ1v) is 25.5. The average molecular weight is 865 g/mol. The number of hydrogen-bond donors (Lipinski definition) is 1. The second kappa shape index (κ2) is 42.0. The smallest absolute Gasteiger partial charge is 0.462 e. The van der Waals surface area contributed by atoms with Gasteiger partial charge in [-0.3, -0.25) is 18.6 Å². The van der Waals surface area contributed by atoms with Crippen LogP contribution < -0.4 is 0 Å². The predicted molar refractivity (Wildman–Crippen MR) is 252 cm³/mol. The molecule has 9 nitrogen and oxygen atoms in total. The molecular formula is C50H91NO8P+. The molecule has 1 unspecified atom stereocenters. The zero-order valence-corrected chi connectivity index (χ0v) is 40.1. The van der Waals surface area contributed by atoms with Crippen molar-refractivity contribution in [2.24, 2.45) is 0 Å². The molecule has 0 saturated carbocycles. The van der Waals surface area contributed by atoms with Gasteiger partial charge in [0.1, 0.15) is 19.8 Å². The molecule has 0 aromatic heterocycles. The number of rotatable bonds is 43. The minimum atomic E-state index is -4.39. The SMILES string of the molecule is CCCCC/C=C/C/C=C/C/C=C/C/C=C/CCCC(=O)OC[C@H](COP(=O)(O)OCC[N+](C)(C)C)OC(=O)CCCCCCCCCCC/C=C/CCCCCCCC. The van der Waals surface area contributed by atoms with Crippen molar-refractivity contribution in [3.63, 3.8) is 0 Å². The summed E-state index contributed by atoms with van der Waals surface area (Å²) in [7, 11) is 1.44. The molecule has 0 rings (SSSR count). The molecular weight excluding hydrogens is 774 g/mol. The second-order valence-electron chi connectivity index (χ2n) is 17.1. The topological polar surface area (TPSA) is 108 Å². The zero-order valence-electron chi connectivity index (χ0n) is 39.2. The lowest BCUT2D eigenvalue weighted by Crippen LogP contribution is -2.37. The minimum absolute atomic E-state index is 0.0210. The molecule has 0 amide bonds. The Labute approximate surface area is 368 Å². The molecule has 60 heavy (non-hydrogen) atoms. The Morgan fingerprint density at radius 3 is 1.43 bits per heavy atom. The Kier molecular flexibility index (Phi) is 40.4. The number of unbranched alkanes of at least 4 members (excludes halogenated alkanes) is 19. The maximum absolute atomic E-state index is 12.7. The monoisotopic (exact) mass is 865 g/mol. The fourth-order valence-corrected chi connectivity index (χ4v) is 6.98. The number of phosphoric acid groups is 1. The molecule has 0 bridgehead atoms. The lowest BCUT2D eigenvalue weighted by atomic mass is 10.1. The van der Waals surface area contributed by atoms with Crippen molar-refractivity contribution in [2.45, 2.75) is 200 Å². The quantitative estimate of drug-likeness (QED) is 0.0212. The predicted octanol–water partition coefficient (Wildman–Crippen LogP) is 14.0. The van der Waals surface area contributed by atoms with Gasteiger partial charge in [0.05, 0.1) is 27.7 Å². The Morgan fingerprint density at radius 2 is 0.917 bits per heavy atom. The van der Waals surface area contributed by atoms with E-state index in [4.69, 9.17) is 18.5 Å². The van der Waals surface area contributed by atoms with Crippen LogP contribution in [0.3, 0.4) is 0 Å². The van der Waals surface area contributed by atoms with Gasteiger partial charge in [-0.15, -0.1) is 0 Å². The van der Waals surface area contributed by atoms with Crippen LogP contribution in [-0.4, -0.2) is 74.9 Å². The summed E-state index contributed by atoms with van der Waals surface area (Å²) >= 11 is 0. The van der Waals surface area contributed by atoms with Crippen LogP contribution in [0.4, 0.5) is 0 Å². The highest BCUT2D eigenvalue weighted by atomic mass is 31.2. The molecule has 0 heterocycles. The molecule has 0 radical (unpaired) electrons. The third-order valence-electron chi connectivity index (χ3n) is 10.0. The lowest BCUT2D eigenvalue weighted by Gasteiger charge is -2.24. The number of hydrogen-bond acceptors (Lipinski definition) is 7. The number of allylic oxidation sites excluding steroid dienone is 10. The number of carbonyl (C=O) groups excluding carboxylic acids is 2. The average Bonchev–Trinajstić information content (AvgIpc) is 3.20. The molecule has 0 aromatic carbocycles. The van der Waals surface area contributed by atoms with E-state index in [1.54, 1.807) is 0 Å². The molecule has 348 valence electrons. The van der Waals surface area contributed by atoms with Gasteiger partial charge in [-0.1, -0.05) is 164 Å². The number of carbonyl (C=O) groups is 2. The van der Waals surface area contributed by atoms with Crippen LogP contribution in [0.1, 0.15) is 194 Å². The summed E-state index contributed by atoms with van der Waals surface area (Å²) in [5, 5.41) is 0. The lowest BCUT2D eigenvalue weighted by molar-refractivity contribution is -0.870. The number of phosphoric ester groups is 1. The van der Waals surface area contributed by atoms with Gasteiger partial charge in [0.15, 0.2) is 6.10 Å². The molecule has 0 aromatic rings. The highest BCUT2D eigenvalue weighted by Crippen LogP contribution is 2.43. The first-order valence-electron chi connectivity index (χ1n) is 24.0. The largest absolute Gasteiger partial charge is 0.472 e. The van der Waals surface area contributed by atoms with E-state index < -0.39 is 32.5 Å². The maximum atomic E-state index is 12.7. The second-order valence-corrected chi connectivity index (χ2v) is 18.6. The van der Waals surface area contributed by atoms with Crippen molar-refractivity contribution < 1.29 is 42.1 Å². The molecule has 2 atom stereocenters. The van der Waals surface area contributed by atoms with E-state index in [-0.39, 0.29) is 26.1 Å². The first kappa shape index (κ1) is 57.7. The third-order valence-corrected chi connectivity index (χ3v) is 11.0. The Bertz CT molecular complexity index is 1210. The van der Waals surface area contributed by atoms with Crippen LogP contribution in [0.5, 0.6) is 0 Å². The van der Waals surface area contributed by atoms with E-state index in [1.807, 2.05) is 21.1 Å². The van der Waals surface area contributed by atoms with Crippen LogP contribution in [0.2, 0.25) is 0 Å². The van der Waals surface area contributed by atoms with Gasteiger partial charge in [0.2, 0.25) is 0 Å². The van der Waals surface area contributed by atoms with Crippen LogP contribution in [0.15, 0.2) is 60.8 Å². The van der Waals surface area contributed by atoms with E-state index in [0.717, 1.165) is 44.9 Å². The summed E-state index contributed by atoms with van der Waals surface area (Å²) in [6.45, 7) is 4.33. The summed E-state index contributed by atoms with van der Waals surface area (Å²) < 4.78 is 34.3. The molecule has 10 heteroatoms. The summed E-state index contributed by atoms with van der Waals surface area (Å²) in [5.41, 5.74) is 0. The molecule has 0 fully saturated rings. The molecule has 0 aliphatic heterocycles. The molecule has 1 N–H and O–H groups in total. The number of likely N-dealkylation sites (N-methyl/N-ethyl adjacent to an activating group) is 1. The van der Waals surface area contributed by atoms with Gasteiger partial charge >= 0.3 is 19.8 Å². The van der Waals surface area contributed by atoms with Gasteiger partial charge in [0, 0.05) is 12.8 Å². The van der Waals surface area contributed by atoms with Crippen LogP contribution in [-0.2, 0) is 32.7 Å². The van der Waals surface area contributed by atoms with Crippen LogP contribution >= 0.6 is 7.82 Å². The Hall–Kier alpha value is -2.29. The van der Waals surface area contributed by atoms with E-state index in [0.29, 0.717) is 23.9 Å². The summed E-state index contributed by atoms with van der Waals surface area (Å²) in [6.07, 6.45) is 51.3. The standard InChI is InChI=1S/C50H90NO8P/c1-6-8-10-12-14-16-18-20-22-24-25-27-29-31-33-35-37-39-41-43-50(53)59-48(47-58-60(54,55)57-45-44-51(3,4)5)46-56-49(52)42-40-38-36-34-32-30-28-26-23-21-19-17-15-13-11-9-7-2/h15,17,20-23,28,30,34,36,48H,6-14,16,18-19,24-27,29,31-33,35,37-47H2,1-5H3/p+1/b17-15+,22-20+,23-21+,30-28+,36-34+/t48-/m1/s1. The number of esters is 2. The summed E-state index contributed by atoms with van der Waals surface area (Å²) in [5.74, 6) is -0.867. The maximum Gasteiger partial charge on any atom is 0.472 e. The fraction of sp³-hybridized carbons (Fsp3) is 0.760. The van der Waals surface area contributed by atoms with Crippen molar-refractivity contribution >= 4 is 19.8 Å².